The summed E-state index contributed by atoms with van der Waals surface area (Å²) in [6, 6.07) is 32.2. The second-order valence-corrected chi connectivity index (χ2v) is 28.2. The summed E-state index contributed by atoms with van der Waals surface area (Å²) in [5.41, 5.74) is -22.2. The molecule has 12 nitrogen and oxygen atoms in total. The molecule has 0 spiro atoms. The molecule has 0 aliphatic rings. The molecule has 280 valence electrons. The van der Waals surface area contributed by atoms with Crippen molar-refractivity contribution in [1.82, 2.24) is 0 Å². The van der Waals surface area contributed by atoms with Gasteiger partial charge in [0.05, 0.1) is 10.9 Å². The lowest BCUT2D eigenvalue weighted by molar-refractivity contribution is -0.0418. The first-order chi connectivity index (χ1) is 22.3. The fourth-order valence-corrected chi connectivity index (χ4v) is 26.9. The van der Waals surface area contributed by atoms with Crippen molar-refractivity contribution in [3.8, 4) is 0 Å². The average molecular weight is 868 g/mol. The lowest BCUT2D eigenvalue weighted by atomic mass is 10.4. The highest BCUT2D eigenvalue weighted by atomic mass is 33.2. The SMILES string of the molecule is O=S(=O)(C(S(=O)(=O)S(=O)(=O)C(F)(F)F)S(=O)(=O)S(=O)(=O)C(F)(F)F)S(=O)(=O)C(F)(F)F.c1ccc([S+](c2ccccc2)c2ccccc2)cc1. The van der Waals surface area contributed by atoms with E-state index in [9.17, 15) is 90.0 Å². The van der Waals surface area contributed by atoms with E-state index in [0.717, 1.165) is 0 Å². The zero-order valence-corrected chi connectivity index (χ0v) is 29.1. The maximum absolute atomic E-state index is 12.4. The van der Waals surface area contributed by atoms with Gasteiger partial charge in [-0.05, 0) is 36.4 Å². The minimum Gasteiger partial charge on any atom is -0.210 e. The van der Waals surface area contributed by atoms with E-state index in [-0.39, 0.29) is 10.9 Å². The van der Waals surface area contributed by atoms with Crippen molar-refractivity contribution >= 4 is 64.1 Å². The van der Waals surface area contributed by atoms with Crippen molar-refractivity contribution in [2.75, 3.05) is 0 Å². The van der Waals surface area contributed by atoms with Crippen LogP contribution in [0.4, 0.5) is 39.5 Å². The molecule has 3 rings (SSSR count). The van der Waals surface area contributed by atoms with Crippen molar-refractivity contribution < 1.29 is 90.0 Å². The number of halogens is 9. The Bertz CT molecular complexity index is 2080. The van der Waals surface area contributed by atoms with Crippen molar-refractivity contribution in [1.29, 1.82) is 0 Å². The Balaban J connectivity index is 0.000000384. The molecule has 0 amide bonds. The van der Waals surface area contributed by atoms with Crippen LogP contribution >= 0.6 is 0 Å². The molecule has 0 radical (unpaired) electrons. The maximum atomic E-state index is 12.4. The number of benzene rings is 3. The summed E-state index contributed by atoms with van der Waals surface area (Å²) in [5.74, 6) is 0. The van der Waals surface area contributed by atoms with Crippen LogP contribution in [-0.2, 0) is 64.1 Å². The first-order valence-corrected chi connectivity index (χ1v) is 23.7. The lowest BCUT2D eigenvalue weighted by Crippen LogP contribution is -2.52. The van der Waals surface area contributed by atoms with E-state index >= 15 is 0 Å². The molecule has 0 N–H and O–H groups in total. The van der Waals surface area contributed by atoms with Crippen LogP contribution in [0.15, 0.2) is 106 Å². The van der Waals surface area contributed by atoms with Crippen LogP contribution in [0.1, 0.15) is 0 Å². The Hall–Kier alpha value is -2.92. The Kier molecular flexibility index (Phi) is 12.3. The third-order valence-corrected chi connectivity index (χ3v) is 28.3. The smallest absolute Gasteiger partial charge is 0.210 e. The minimum absolute atomic E-state index is 0.0146. The Morgan fingerprint density at radius 1 is 0.360 bits per heavy atom. The van der Waals surface area contributed by atoms with Gasteiger partial charge in [-0.3, -0.25) is 0 Å². The Morgan fingerprint density at radius 3 is 0.700 bits per heavy atom. The van der Waals surface area contributed by atoms with Crippen LogP contribution in [0.2, 0.25) is 0 Å². The third kappa shape index (κ3) is 7.93. The third-order valence-electron chi connectivity index (χ3n) is 5.41. The van der Waals surface area contributed by atoms with Crippen LogP contribution < -0.4 is 0 Å². The molecule has 0 bridgehead atoms. The number of rotatable bonds is 9. The molecule has 3 aromatic rings. The normalized spacial score (nSPS) is 14.2. The minimum atomic E-state index is -8.65. The quantitative estimate of drug-likeness (QED) is 0.171. The monoisotopic (exact) mass is 867 g/mol. The van der Waals surface area contributed by atoms with E-state index in [1.54, 1.807) is 0 Å². The molecule has 0 heterocycles. The van der Waals surface area contributed by atoms with Gasteiger partial charge in [0.25, 0.3) is 26.6 Å². The summed E-state index contributed by atoms with van der Waals surface area (Å²) >= 11 is 0. The van der Waals surface area contributed by atoms with E-state index in [1.807, 2.05) is 0 Å². The molecule has 0 aromatic heterocycles. The second-order valence-electron chi connectivity index (χ2n) is 8.71. The van der Waals surface area contributed by atoms with Crippen molar-refractivity contribution in [2.24, 2.45) is 0 Å². The van der Waals surface area contributed by atoms with Gasteiger partial charge in [-0.1, -0.05) is 54.6 Å². The van der Waals surface area contributed by atoms with Gasteiger partial charge in [0.1, 0.15) is 0 Å². The van der Waals surface area contributed by atoms with Gasteiger partial charge in [0.2, 0.25) is 0 Å². The van der Waals surface area contributed by atoms with Gasteiger partial charge in [0.15, 0.2) is 14.7 Å². The largest absolute Gasteiger partial charge is 0.512 e. The first kappa shape index (κ1) is 43.2. The van der Waals surface area contributed by atoms with Crippen molar-refractivity contribution in [3.63, 3.8) is 0 Å². The highest BCUT2D eigenvalue weighted by Crippen LogP contribution is 2.42. The van der Waals surface area contributed by atoms with Crippen LogP contribution in [0.3, 0.4) is 0 Å². The molecule has 28 heteroatoms. The second kappa shape index (κ2) is 14.2. The summed E-state index contributed by atoms with van der Waals surface area (Å²) in [4.78, 5) is 4.08. The van der Waals surface area contributed by atoms with Crippen LogP contribution in [0.25, 0.3) is 0 Å². The van der Waals surface area contributed by atoms with Gasteiger partial charge < -0.3 is 0 Å². The molecule has 0 fully saturated rings. The summed E-state index contributed by atoms with van der Waals surface area (Å²) < 4.78 is 240. The van der Waals surface area contributed by atoms with Gasteiger partial charge in [0, 0.05) is 0 Å². The summed E-state index contributed by atoms with van der Waals surface area (Å²) in [6.07, 6.45) is 0. The molecule has 0 unspecified atom stereocenters. The molecule has 0 aliphatic heterocycles. The predicted molar refractivity (Wildman–Crippen MR) is 157 cm³/mol. The van der Waals surface area contributed by atoms with Crippen molar-refractivity contribution in [2.45, 2.75) is 35.1 Å². The highest BCUT2D eigenvalue weighted by molar-refractivity contribution is 8.84. The Morgan fingerprint density at radius 2 is 0.540 bits per heavy atom. The molecule has 0 saturated heterocycles. The number of hydrogen-bond acceptors (Lipinski definition) is 12. The zero-order chi connectivity index (χ0) is 39.0. The van der Waals surface area contributed by atoms with Crippen LogP contribution in [-0.4, -0.2) is 70.9 Å². The highest BCUT2D eigenvalue weighted by Gasteiger charge is 2.74. The first-order valence-electron chi connectivity index (χ1n) is 11.9. The molecule has 50 heavy (non-hydrogen) atoms. The van der Waals surface area contributed by atoms with E-state index in [4.69, 9.17) is 0 Å². The molecule has 0 saturated carbocycles. The Labute approximate surface area is 279 Å². The van der Waals surface area contributed by atoms with Crippen LogP contribution in [0.5, 0.6) is 0 Å². The van der Waals surface area contributed by atoms with E-state index in [2.05, 4.69) is 91.0 Å². The van der Waals surface area contributed by atoms with E-state index in [0.29, 0.717) is 0 Å². The van der Waals surface area contributed by atoms with Gasteiger partial charge >= 0.3 is 47.0 Å². The van der Waals surface area contributed by atoms with Crippen LogP contribution in [0, 0.1) is 0 Å². The average Bonchev–Trinajstić information content (AvgIpc) is 2.97. The number of alkyl halides is 9. The van der Waals surface area contributed by atoms with E-state index < -0.39 is 73.7 Å². The van der Waals surface area contributed by atoms with Crippen molar-refractivity contribution in [3.05, 3.63) is 91.0 Å². The molecular weight excluding hydrogens is 852 g/mol. The summed E-state index contributed by atoms with van der Waals surface area (Å²) in [5, 5.41) is 0. The standard InChI is InChI=1S/C18H15S.C4HF9O12S6/c1-4-10-16(11-5-1)19(17-12-6-2-7-13-17)18-14-8-3-9-15-18;5-2(6,7)29(20,21)26(14,15)1(27(16,17)30(22,23)3(8,9)10)28(18,19)31(24,25)4(11,12)13/h1-15H;1H/q+1;. The molecule has 0 aliphatic carbocycles. The lowest BCUT2D eigenvalue weighted by Gasteiger charge is -2.20. The zero-order valence-electron chi connectivity index (χ0n) is 23.4. The number of hydrogen-bond donors (Lipinski definition) is 0. The van der Waals surface area contributed by atoms with Gasteiger partial charge in [-0.15, -0.1) is 0 Å². The van der Waals surface area contributed by atoms with Gasteiger partial charge in [-0.2, -0.15) is 39.5 Å². The molecule has 0 atom stereocenters. The molecular formula is C22H16F9O12S7+. The summed E-state index contributed by atoms with van der Waals surface area (Å²) in [6.45, 7) is 0. The predicted octanol–water partition coefficient (Wildman–Crippen LogP) is 3.85. The van der Waals surface area contributed by atoms with E-state index in [1.165, 1.54) is 14.7 Å². The fraction of sp³-hybridized carbons (Fsp3) is 0.182. The maximum Gasteiger partial charge on any atom is 0.512 e. The van der Waals surface area contributed by atoms with Gasteiger partial charge in [-0.25, -0.2) is 50.5 Å². The molecule has 3 aromatic carbocycles. The fourth-order valence-electron chi connectivity index (χ4n) is 3.22. The summed E-state index contributed by atoms with van der Waals surface area (Å²) in [7, 11) is -51.5. The topological polar surface area (TPSA) is 205 Å².